The van der Waals surface area contributed by atoms with Crippen molar-refractivity contribution in [3.63, 3.8) is 0 Å². The van der Waals surface area contributed by atoms with Gasteiger partial charge in [-0.15, -0.1) is 5.10 Å². The lowest BCUT2D eigenvalue weighted by Gasteiger charge is -2.23. The van der Waals surface area contributed by atoms with Crippen LogP contribution in [0.15, 0.2) is 54.9 Å². The molecule has 0 amide bonds. The van der Waals surface area contributed by atoms with Gasteiger partial charge in [-0.2, -0.15) is 5.10 Å². The lowest BCUT2D eigenvalue weighted by atomic mass is 9.92. The topological polar surface area (TPSA) is 86.9 Å². The minimum atomic E-state index is -0.258. The molecular weight excluding hydrogens is 416 g/mol. The number of carbonyl (C=O) groups is 1. The number of benzene rings is 2. The van der Waals surface area contributed by atoms with E-state index in [2.05, 4.69) is 38.9 Å². The van der Waals surface area contributed by atoms with Gasteiger partial charge in [-0.25, -0.2) is 4.68 Å². The van der Waals surface area contributed by atoms with E-state index in [0.717, 1.165) is 52.3 Å². The predicted octanol–water partition coefficient (Wildman–Crippen LogP) is 3.93. The molecule has 8 heteroatoms. The third-order valence-corrected chi connectivity index (χ3v) is 6.16. The van der Waals surface area contributed by atoms with Crippen molar-refractivity contribution in [3.05, 3.63) is 71.7 Å². The minimum absolute atomic E-state index is 0.0246. The number of aryl methyl sites for hydroxylation is 3. The number of hydrogen-bond donors (Lipinski definition) is 1. The van der Waals surface area contributed by atoms with Crippen LogP contribution in [0.25, 0.3) is 22.4 Å². The van der Waals surface area contributed by atoms with Gasteiger partial charge in [0.1, 0.15) is 0 Å². The average molecular weight is 443 g/mol. The van der Waals surface area contributed by atoms with Crippen LogP contribution in [0.1, 0.15) is 29.3 Å². The number of methoxy groups -OCH3 is 1. The summed E-state index contributed by atoms with van der Waals surface area (Å²) in [5.41, 5.74) is 8.27. The van der Waals surface area contributed by atoms with Crippen molar-refractivity contribution in [1.82, 2.24) is 24.8 Å². The zero-order valence-electron chi connectivity index (χ0n) is 18.9. The van der Waals surface area contributed by atoms with Crippen LogP contribution in [0.4, 0.5) is 5.69 Å². The molecule has 0 radical (unpaired) electrons. The van der Waals surface area contributed by atoms with Crippen molar-refractivity contribution in [2.45, 2.75) is 32.4 Å². The van der Waals surface area contributed by atoms with E-state index in [-0.39, 0.29) is 18.4 Å². The first-order valence-electron chi connectivity index (χ1n) is 11.0. The highest BCUT2D eigenvalue weighted by atomic mass is 16.5. The van der Waals surface area contributed by atoms with Crippen LogP contribution in [-0.2, 0) is 29.5 Å². The molecular formula is C25H26N6O2. The van der Waals surface area contributed by atoms with Crippen LogP contribution < -0.4 is 5.32 Å². The van der Waals surface area contributed by atoms with Crippen molar-refractivity contribution in [2.24, 2.45) is 7.05 Å². The monoisotopic (exact) mass is 442 g/mol. The predicted molar refractivity (Wildman–Crippen MR) is 126 cm³/mol. The lowest BCUT2D eigenvalue weighted by molar-refractivity contribution is -0.139. The highest BCUT2D eigenvalue weighted by Gasteiger charge is 2.26. The molecule has 0 fully saturated rings. The maximum Gasteiger partial charge on any atom is 0.310 e. The molecule has 0 bridgehead atoms. The number of carbonyl (C=O) groups excluding carboxylic acids is 1. The van der Waals surface area contributed by atoms with Gasteiger partial charge in [0.05, 0.1) is 37.2 Å². The second-order valence-electron chi connectivity index (χ2n) is 8.35. The van der Waals surface area contributed by atoms with Crippen LogP contribution in [0.5, 0.6) is 0 Å². The maximum absolute atomic E-state index is 12.0. The first-order valence-corrected chi connectivity index (χ1v) is 11.0. The number of hydrogen-bond acceptors (Lipinski definition) is 6. The summed E-state index contributed by atoms with van der Waals surface area (Å²) in [4.78, 5) is 12.0. The summed E-state index contributed by atoms with van der Waals surface area (Å²) in [5, 5.41) is 16.7. The maximum atomic E-state index is 12.0. The molecule has 1 atom stereocenters. The Bertz CT molecular complexity index is 1320. The Morgan fingerprint density at radius 1 is 1.21 bits per heavy atom. The van der Waals surface area contributed by atoms with Gasteiger partial charge >= 0.3 is 5.97 Å². The van der Waals surface area contributed by atoms with Crippen molar-refractivity contribution in [3.8, 4) is 22.4 Å². The number of nitrogens with one attached hydrogen (secondary N) is 1. The normalized spacial score (nSPS) is 14.8. The van der Waals surface area contributed by atoms with Crippen molar-refractivity contribution in [1.29, 1.82) is 0 Å². The zero-order valence-corrected chi connectivity index (χ0v) is 18.9. The molecule has 8 nitrogen and oxygen atoms in total. The third kappa shape index (κ3) is 4.00. The van der Waals surface area contributed by atoms with Gasteiger partial charge in [-0.05, 0) is 42.2 Å². The molecule has 168 valence electrons. The first kappa shape index (κ1) is 20.9. The highest BCUT2D eigenvalue weighted by molar-refractivity contribution is 5.77. The summed E-state index contributed by atoms with van der Waals surface area (Å²) in [5.74, 6) is -0.258. The number of fused-ring (bicyclic) bond motifs is 3. The smallest absolute Gasteiger partial charge is 0.310 e. The van der Waals surface area contributed by atoms with Crippen LogP contribution >= 0.6 is 0 Å². The summed E-state index contributed by atoms with van der Waals surface area (Å²) < 4.78 is 8.69. The van der Waals surface area contributed by atoms with Gasteiger partial charge in [0.15, 0.2) is 0 Å². The van der Waals surface area contributed by atoms with Gasteiger partial charge in [0, 0.05) is 36.6 Å². The third-order valence-electron chi connectivity index (χ3n) is 6.16. The molecule has 1 aliphatic rings. The largest absolute Gasteiger partial charge is 0.469 e. The number of nitrogens with zero attached hydrogens (tertiary/aromatic N) is 5. The Morgan fingerprint density at radius 2 is 2.06 bits per heavy atom. The number of esters is 1. The van der Waals surface area contributed by atoms with Crippen LogP contribution in [-0.4, -0.2) is 37.9 Å². The SMILES string of the molecule is COC(=O)Cc1ccccc1NC1CCn2nnc(C)c2-c2ccc(-c3cnn(C)c3)cc21. The molecule has 1 aliphatic heterocycles. The average Bonchev–Trinajstić information content (AvgIpc) is 3.38. The number of ether oxygens (including phenoxy) is 1. The standard InChI is InChI=1S/C25H26N6O2/c1-16-25-20-9-8-17(19-14-26-30(2)15-19)12-21(20)23(10-11-31(25)29-28-16)27-22-7-5-4-6-18(22)13-24(32)33-3/h4-9,12,14-15,23,27H,10-11,13H2,1-3H3. The van der Waals surface area contributed by atoms with Crippen LogP contribution in [0.2, 0.25) is 0 Å². The van der Waals surface area contributed by atoms with E-state index in [1.165, 1.54) is 12.7 Å². The van der Waals surface area contributed by atoms with E-state index in [1.807, 2.05) is 60.0 Å². The number of aromatic nitrogens is 5. The Balaban J connectivity index is 1.59. The van der Waals surface area contributed by atoms with Crippen LogP contribution in [0.3, 0.4) is 0 Å². The highest BCUT2D eigenvalue weighted by Crippen LogP contribution is 2.39. The second kappa shape index (κ2) is 8.54. The summed E-state index contributed by atoms with van der Waals surface area (Å²) in [6, 6.07) is 14.4. The molecule has 33 heavy (non-hydrogen) atoms. The summed E-state index contributed by atoms with van der Waals surface area (Å²) in [6.45, 7) is 2.74. The summed E-state index contributed by atoms with van der Waals surface area (Å²) >= 11 is 0. The summed E-state index contributed by atoms with van der Waals surface area (Å²) in [6.07, 6.45) is 4.94. The molecule has 3 heterocycles. The van der Waals surface area contributed by atoms with Gasteiger partial charge < -0.3 is 10.1 Å². The Morgan fingerprint density at radius 3 is 2.85 bits per heavy atom. The minimum Gasteiger partial charge on any atom is -0.469 e. The zero-order chi connectivity index (χ0) is 22.9. The van der Waals surface area contributed by atoms with Crippen molar-refractivity contribution in [2.75, 3.05) is 12.4 Å². The van der Waals surface area contributed by atoms with Gasteiger partial charge in [-0.3, -0.25) is 9.48 Å². The molecule has 1 unspecified atom stereocenters. The van der Waals surface area contributed by atoms with E-state index in [0.29, 0.717) is 0 Å². The molecule has 5 rings (SSSR count). The molecule has 4 aromatic rings. The lowest BCUT2D eigenvalue weighted by Crippen LogP contribution is -2.15. The second-order valence-corrected chi connectivity index (χ2v) is 8.35. The Kier molecular flexibility index (Phi) is 5.42. The molecule has 0 saturated heterocycles. The molecule has 0 saturated carbocycles. The van der Waals surface area contributed by atoms with Gasteiger partial charge in [0.2, 0.25) is 0 Å². The molecule has 2 aromatic carbocycles. The Labute approximate surface area is 192 Å². The van der Waals surface area contributed by atoms with E-state index < -0.39 is 0 Å². The first-order chi connectivity index (χ1) is 16.0. The molecule has 1 N–H and O–H groups in total. The number of rotatable bonds is 5. The molecule has 2 aromatic heterocycles. The van der Waals surface area contributed by atoms with E-state index in [4.69, 9.17) is 4.74 Å². The molecule has 0 aliphatic carbocycles. The van der Waals surface area contributed by atoms with Gasteiger partial charge in [-0.1, -0.05) is 35.5 Å². The van der Waals surface area contributed by atoms with E-state index in [1.54, 1.807) is 0 Å². The fraction of sp³-hybridized carbons (Fsp3) is 0.280. The fourth-order valence-electron chi connectivity index (χ4n) is 4.49. The van der Waals surface area contributed by atoms with Gasteiger partial charge in [0.25, 0.3) is 0 Å². The van der Waals surface area contributed by atoms with Crippen molar-refractivity contribution < 1.29 is 9.53 Å². The fourth-order valence-corrected chi connectivity index (χ4v) is 4.49. The van der Waals surface area contributed by atoms with E-state index >= 15 is 0 Å². The van der Waals surface area contributed by atoms with Crippen molar-refractivity contribution >= 4 is 11.7 Å². The van der Waals surface area contributed by atoms with E-state index in [9.17, 15) is 4.79 Å². The molecule has 0 spiro atoms. The van der Waals surface area contributed by atoms with Crippen LogP contribution in [0, 0.1) is 6.92 Å². The quantitative estimate of drug-likeness (QED) is 0.472. The number of para-hydroxylation sites is 1. The Hall–Kier alpha value is -3.94. The summed E-state index contributed by atoms with van der Waals surface area (Å²) in [7, 11) is 3.33. The number of anilines is 1.